The van der Waals surface area contributed by atoms with Crippen LogP contribution in [0.15, 0.2) is 18.2 Å². The molecule has 0 aliphatic rings. The third-order valence-corrected chi connectivity index (χ3v) is 1.97. The molecule has 0 radical (unpaired) electrons. The zero-order valence-corrected chi connectivity index (χ0v) is 8.42. The maximum atomic E-state index is 11.9. The van der Waals surface area contributed by atoms with E-state index in [2.05, 4.69) is 9.47 Å². The molecule has 1 aromatic carbocycles. The van der Waals surface area contributed by atoms with Crippen LogP contribution in [0.2, 0.25) is 5.02 Å². The van der Waals surface area contributed by atoms with Crippen molar-refractivity contribution in [3.63, 3.8) is 0 Å². The lowest BCUT2D eigenvalue weighted by molar-refractivity contribution is -0.0498. The van der Waals surface area contributed by atoms with Crippen molar-refractivity contribution in [3.05, 3.63) is 28.8 Å². The molecule has 0 aromatic heterocycles. The summed E-state index contributed by atoms with van der Waals surface area (Å²) in [6.45, 7) is -2.99. The molecule has 3 nitrogen and oxygen atoms in total. The topological polar surface area (TPSA) is 35.5 Å². The van der Waals surface area contributed by atoms with Gasteiger partial charge in [-0.25, -0.2) is 4.79 Å². The SMILES string of the molecule is COC(=O)c1cccc(OC(F)F)c1Cl. The van der Waals surface area contributed by atoms with Gasteiger partial charge in [0.25, 0.3) is 0 Å². The maximum Gasteiger partial charge on any atom is 0.387 e. The summed E-state index contributed by atoms with van der Waals surface area (Å²) in [7, 11) is 1.17. The maximum absolute atomic E-state index is 11.9. The summed E-state index contributed by atoms with van der Waals surface area (Å²) in [4.78, 5) is 11.1. The molecular weight excluding hydrogens is 230 g/mol. The van der Waals surface area contributed by atoms with E-state index in [1.807, 2.05) is 0 Å². The first-order valence-electron chi connectivity index (χ1n) is 3.88. The van der Waals surface area contributed by atoms with Gasteiger partial charge in [0.1, 0.15) is 5.75 Å². The Morgan fingerprint density at radius 1 is 1.47 bits per heavy atom. The van der Waals surface area contributed by atoms with E-state index in [1.165, 1.54) is 25.3 Å². The molecule has 0 heterocycles. The number of esters is 1. The van der Waals surface area contributed by atoms with E-state index in [-0.39, 0.29) is 16.3 Å². The summed E-state index contributed by atoms with van der Waals surface area (Å²) in [5.74, 6) is -0.964. The number of methoxy groups -OCH3 is 1. The van der Waals surface area contributed by atoms with E-state index < -0.39 is 12.6 Å². The normalized spacial score (nSPS) is 10.2. The van der Waals surface area contributed by atoms with Gasteiger partial charge in [0.2, 0.25) is 0 Å². The molecule has 6 heteroatoms. The highest BCUT2D eigenvalue weighted by molar-refractivity contribution is 6.35. The predicted molar refractivity (Wildman–Crippen MR) is 49.4 cm³/mol. The summed E-state index contributed by atoms with van der Waals surface area (Å²) in [6, 6.07) is 3.96. The number of ether oxygens (including phenoxy) is 2. The number of benzene rings is 1. The van der Waals surface area contributed by atoms with Gasteiger partial charge in [0.05, 0.1) is 17.7 Å². The standard InChI is InChI=1S/C9H7ClF2O3/c1-14-8(13)5-3-2-4-6(7(5)10)15-9(11)12/h2-4,9H,1H3. The fourth-order valence-electron chi connectivity index (χ4n) is 0.965. The largest absolute Gasteiger partial charge is 0.465 e. The van der Waals surface area contributed by atoms with Crippen LogP contribution in [-0.4, -0.2) is 19.7 Å². The summed E-state index contributed by atoms with van der Waals surface area (Å²) >= 11 is 5.67. The second-order valence-electron chi connectivity index (χ2n) is 2.49. The van der Waals surface area contributed by atoms with Crippen molar-refractivity contribution in [1.29, 1.82) is 0 Å². The molecule has 0 saturated heterocycles. The second kappa shape index (κ2) is 4.93. The zero-order valence-electron chi connectivity index (χ0n) is 7.67. The number of halogens is 3. The first-order valence-corrected chi connectivity index (χ1v) is 4.25. The molecule has 0 aliphatic carbocycles. The molecule has 82 valence electrons. The molecule has 0 saturated carbocycles. The van der Waals surface area contributed by atoms with Crippen LogP contribution in [0.5, 0.6) is 5.75 Å². The van der Waals surface area contributed by atoms with Crippen LogP contribution in [0.4, 0.5) is 8.78 Å². The van der Waals surface area contributed by atoms with E-state index in [1.54, 1.807) is 0 Å². The number of carbonyl (C=O) groups is 1. The molecule has 0 N–H and O–H groups in total. The molecule has 0 aliphatic heterocycles. The Labute approximate surface area is 89.5 Å². The Hall–Kier alpha value is -1.36. The van der Waals surface area contributed by atoms with Gasteiger partial charge in [0, 0.05) is 0 Å². The van der Waals surface area contributed by atoms with Gasteiger partial charge in [-0.1, -0.05) is 17.7 Å². The monoisotopic (exact) mass is 236 g/mol. The minimum Gasteiger partial charge on any atom is -0.465 e. The minimum absolute atomic E-state index is 0.0164. The highest BCUT2D eigenvalue weighted by atomic mass is 35.5. The van der Waals surface area contributed by atoms with Crippen molar-refractivity contribution in [2.24, 2.45) is 0 Å². The van der Waals surface area contributed by atoms with Crippen molar-refractivity contribution in [1.82, 2.24) is 0 Å². The van der Waals surface area contributed by atoms with Crippen molar-refractivity contribution in [2.75, 3.05) is 7.11 Å². The average Bonchev–Trinajstić information content (AvgIpc) is 2.19. The Morgan fingerprint density at radius 2 is 2.13 bits per heavy atom. The van der Waals surface area contributed by atoms with E-state index in [9.17, 15) is 13.6 Å². The smallest absolute Gasteiger partial charge is 0.387 e. The minimum atomic E-state index is -2.99. The lowest BCUT2D eigenvalue weighted by atomic mass is 10.2. The number of hydrogen-bond donors (Lipinski definition) is 0. The molecule has 0 unspecified atom stereocenters. The number of carbonyl (C=O) groups excluding carboxylic acids is 1. The van der Waals surface area contributed by atoms with Gasteiger partial charge < -0.3 is 9.47 Å². The summed E-state index contributed by atoms with van der Waals surface area (Å²) < 4.78 is 32.4. The van der Waals surface area contributed by atoms with Gasteiger partial charge in [-0.05, 0) is 12.1 Å². The first kappa shape index (κ1) is 11.7. The molecule has 1 rings (SSSR count). The Morgan fingerprint density at radius 3 is 2.67 bits per heavy atom. The first-order chi connectivity index (χ1) is 7.06. The summed E-state index contributed by atoms with van der Waals surface area (Å²) in [6.07, 6.45) is 0. The van der Waals surface area contributed by atoms with Gasteiger partial charge in [0.15, 0.2) is 0 Å². The van der Waals surface area contributed by atoms with E-state index >= 15 is 0 Å². The summed E-state index contributed by atoms with van der Waals surface area (Å²) in [5.41, 5.74) is -0.0164. The zero-order chi connectivity index (χ0) is 11.4. The van der Waals surface area contributed by atoms with Crippen molar-refractivity contribution >= 4 is 17.6 Å². The fraction of sp³-hybridized carbons (Fsp3) is 0.222. The lowest BCUT2D eigenvalue weighted by Crippen LogP contribution is -2.06. The third kappa shape index (κ3) is 2.79. The van der Waals surface area contributed by atoms with Crippen molar-refractivity contribution in [2.45, 2.75) is 6.61 Å². The fourth-order valence-corrected chi connectivity index (χ4v) is 1.21. The van der Waals surface area contributed by atoms with Crippen LogP contribution in [0, 0.1) is 0 Å². The number of alkyl halides is 2. The number of rotatable bonds is 3. The highest BCUT2D eigenvalue weighted by Crippen LogP contribution is 2.29. The van der Waals surface area contributed by atoms with Crippen LogP contribution in [0.25, 0.3) is 0 Å². The molecule has 1 aromatic rings. The molecule has 0 spiro atoms. The lowest BCUT2D eigenvalue weighted by Gasteiger charge is -2.08. The Bertz CT molecular complexity index is 368. The van der Waals surface area contributed by atoms with Gasteiger partial charge >= 0.3 is 12.6 Å². The quantitative estimate of drug-likeness (QED) is 0.757. The molecule has 0 bridgehead atoms. The van der Waals surface area contributed by atoms with E-state index in [4.69, 9.17) is 11.6 Å². The van der Waals surface area contributed by atoms with Crippen molar-refractivity contribution in [3.8, 4) is 5.75 Å². The number of hydrogen-bond acceptors (Lipinski definition) is 3. The molecule has 0 fully saturated rings. The van der Waals surface area contributed by atoms with Crippen LogP contribution >= 0.6 is 11.6 Å². The van der Waals surface area contributed by atoms with Gasteiger partial charge in [-0.15, -0.1) is 0 Å². The van der Waals surface area contributed by atoms with Gasteiger partial charge in [-0.3, -0.25) is 0 Å². The second-order valence-corrected chi connectivity index (χ2v) is 2.87. The summed E-state index contributed by atoms with van der Waals surface area (Å²) in [5, 5.41) is -0.190. The third-order valence-electron chi connectivity index (χ3n) is 1.58. The van der Waals surface area contributed by atoms with E-state index in [0.29, 0.717) is 0 Å². The molecular formula is C9H7ClF2O3. The average molecular weight is 237 g/mol. The van der Waals surface area contributed by atoms with E-state index in [0.717, 1.165) is 0 Å². The molecule has 15 heavy (non-hydrogen) atoms. The van der Waals surface area contributed by atoms with Crippen LogP contribution in [-0.2, 0) is 4.74 Å². The van der Waals surface area contributed by atoms with Crippen LogP contribution in [0.1, 0.15) is 10.4 Å². The molecule has 0 amide bonds. The highest BCUT2D eigenvalue weighted by Gasteiger charge is 2.16. The Kier molecular flexibility index (Phi) is 3.85. The van der Waals surface area contributed by atoms with Crippen LogP contribution in [0.3, 0.4) is 0 Å². The predicted octanol–water partition coefficient (Wildman–Crippen LogP) is 2.73. The molecule has 0 atom stereocenters. The van der Waals surface area contributed by atoms with Crippen molar-refractivity contribution < 1.29 is 23.0 Å². The van der Waals surface area contributed by atoms with Crippen LogP contribution < -0.4 is 4.74 Å². The van der Waals surface area contributed by atoms with Gasteiger partial charge in [-0.2, -0.15) is 8.78 Å². The Balaban J connectivity index is 3.05.